The van der Waals surface area contributed by atoms with Gasteiger partial charge in [0.1, 0.15) is 0 Å². The fourth-order valence-electron chi connectivity index (χ4n) is 2.38. The van der Waals surface area contributed by atoms with Gasteiger partial charge in [-0.1, -0.05) is 19.4 Å². The number of aliphatic hydroxyl groups is 1. The molecule has 0 aliphatic heterocycles. The lowest BCUT2D eigenvalue weighted by Crippen LogP contribution is -2.45. The first-order valence-electron chi connectivity index (χ1n) is 6.69. The molecule has 0 heterocycles. The Kier molecular flexibility index (Phi) is 5.69. The van der Waals surface area contributed by atoms with Gasteiger partial charge in [-0.2, -0.15) is 0 Å². The predicted octanol–water partition coefficient (Wildman–Crippen LogP) is 2.40. The fraction of sp³-hybridized carbons (Fsp3) is 0.786. The van der Waals surface area contributed by atoms with Crippen molar-refractivity contribution in [3.05, 3.63) is 12.7 Å². The Morgan fingerprint density at radius 3 is 2.71 bits per heavy atom. The van der Waals surface area contributed by atoms with Crippen LogP contribution in [0.2, 0.25) is 0 Å². The number of amides is 1. The standard InChI is InChI=1S/C14H25NO2/c1-3-5-6-13(16)15-11-14(17)9-7-12(4-2)8-10-14/h3,12,17H,1,4-11H2,2H3,(H,15,16). The molecule has 0 unspecified atom stereocenters. The Balaban J connectivity index is 2.26. The molecule has 3 heteroatoms. The van der Waals surface area contributed by atoms with Gasteiger partial charge in [0.05, 0.1) is 5.60 Å². The van der Waals surface area contributed by atoms with E-state index in [0.29, 0.717) is 19.4 Å². The van der Waals surface area contributed by atoms with Gasteiger partial charge in [0.25, 0.3) is 0 Å². The minimum atomic E-state index is -0.671. The third kappa shape index (κ3) is 4.90. The van der Waals surface area contributed by atoms with E-state index in [1.807, 2.05) is 0 Å². The molecule has 1 aliphatic rings. The first kappa shape index (κ1) is 14.2. The monoisotopic (exact) mass is 239 g/mol. The summed E-state index contributed by atoms with van der Waals surface area (Å²) in [6.45, 7) is 6.19. The number of carbonyl (C=O) groups is 1. The molecular weight excluding hydrogens is 214 g/mol. The van der Waals surface area contributed by atoms with Gasteiger partial charge < -0.3 is 10.4 Å². The molecule has 0 radical (unpaired) electrons. The highest BCUT2D eigenvalue weighted by atomic mass is 16.3. The summed E-state index contributed by atoms with van der Waals surface area (Å²) < 4.78 is 0. The Morgan fingerprint density at radius 2 is 2.18 bits per heavy atom. The van der Waals surface area contributed by atoms with E-state index in [1.165, 1.54) is 6.42 Å². The van der Waals surface area contributed by atoms with E-state index in [4.69, 9.17) is 0 Å². The molecule has 0 aromatic carbocycles. The smallest absolute Gasteiger partial charge is 0.220 e. The minimum Gasteiger partial charge on any atom is -0.388 e. The molecule has 17 heavy (non-hydrogen) atoms. The minimum absolute atomic E-state index is 0.0101. The van der Waals surface area contributed by atoms with Crippen LogP contribution in [0, 0.1) is 5.92 Å². The molecule has 98 valence electrons. The first-order chi connectivity index (χ1) is 8.09. The number of hydrogen-bond donors (Lipinski definition) is 2. The highest BCUT2D eigenvalue weighted by molar-refractivity contribution is 5.76. The number of rotatable bonds is 6. The van der Waals surface area contributed by atoms with Crippen LogP contribution in [-0.4, -0.2) is 23.2 Å². The van der Waals surface area contributed by atoms with E-state index in [0.717, 1.165) is 31.6 Å². The summed E-state index contributed by atoms with van der Waals surface area (Å²) in [4.78, 5) is 11.4. The first-order valence-corrected chi connectivity index (χ1v) is 6.69. The van der Waals surface area contributed by atoms with Gasteiger partial charge in [0.2, 0.25) is 5.91 Å². The maximum atomic E-state index is 11.4. The van der Waals surface area contributed by atoms with Crippen LogP contribution in [0.15, 0.2) is 12.7 Å². The van der Waals surface area contributed by atoms with Gasteiger partial charge in [0, 0.05) is 13.0 Å². The quantitative estimate of drug-likeness (QED) is 0.699. The van der Waals surface area contributed by atoms with Crippen molar-refractivity contribution in [3.63, 3.8) is 0 Å². The Bertz CT molecular complexity index is 255. The van der Waals surface area contributed by atoms with Crippen molar-refractivity contribution in [3.8, 4) is 0 Å². The summed E-state index contributed by atoms with van der Waals surface area (Å²) >= 11 is 0. The molecule has 1 rings (SSSR count). The molecule has 0 saturated heterocycles. The summed E-state index contributed by atoms with van der Waals surface area (Å²) in [7, 11) is 0. The number of allylic oxidation sites excluding steroid dienone is 1. The lowest BCUT2D eigenvalue weighted by Gasteiger charge is -2.35. The van der Waals surface area contributed by atoms with Gasteiger partial charge in [-0.3, -0.25) is 4.79 Å². The van der Waals surface area contributed by atoms with Crippen LogP contribution in [0.4, 0.5) is 0 Å². The average Bonchev–Trinajstić information content (AvgIpc) is 2.35. The Hall–Kier alpha value is -0.830. The van der Waals surface area contributed by atoms with Gasteiger partial charge in [-0.25, -0.2) is 0 Å². The maximum absolute atomic E-state index is 11.4. The Morgan fingerprint density at radius 1 is 1.53 bits per heavy atom. The van der Waals surface area contributed by atoms with E-state index >= 15 is 0 Å². The molecule has 1 amide bonds. The van der Waals surface area contributed by atoms with E-state index in [1.54, 1.807) is 6.08 Å². The zero-order valence-corrected chi connectivity index (χ0v) is 10.9. The average molecular weight is 239 g/mol. The molecule has 1 aliphatic carbocycles. The largest absolute Gasteiger partial charge is 0.388 e. The van der Waals surface area contributed by atoms with E-state index in [9.17, 15) is 9.90 Å². The van der Waals surface area contributed by atoms with Crippen molar-refractivity contribution >= 4 is 5.91 Å². The molecule has 3 nitrogen and oxygen atoms in total. The van der Waals surface area contributed by atoms with Gasteiger partial charge >= 0.3 is 0 Å². The molecule has 0 atom stereocenters. The Labute approximate surface area is 104 Å². The number of carbonyl (C=O) groups excluding carboxylic acids is 1. The van der Waals surface area contributed by atoms with E-state index < -0.39 is 5.60 Å². The highest BCUT2D eigenvalue weighted by Crippen LogP contribution is 2.33. The van der Waals surface area contributed by atoms with Crippen molar-refractivity contribution < 1.29 is 9.90 Å². The van der Waals surface area contributed by atoms with Gasteiger partial charge in [-0.15, -0.1) is 6.58 Å². The van der Waals surface area contributed by atoms with Crippen molar-refractivity contribution in [2.75, 3.05) is 6.54 Å². The van der Waals surface area contributed by atoms with Crippen LogP contribution in [0.1, 0.15) is 51.9 Å². The second kappa shape index (κ2) is 6.80. The molecule has 1 fully saturated rings. The van der Waals surface area contributed by atoms with Gasteiger partial charge in [0.15, 0.2) is 0 Å². The second-order valence-corrected chi connectivity index (χ2v) is 5.18. The third-order valence-corrected chi connectivity index (χ3v) is 3.80. The lowest BCUT2D eigenvalue weighted by atomic mass is 9.78. The topological polar surface area (TPSA) is 49.3 Å². The van der Waals surface area contributed by atoms with Crippen LogP contribution in [0.25, 0.3) is 0 Å². The van der Waals surface area contributed by atoms with Crippen molar-refractivity contribution in [2.24, 2.45) is 5.92 Å². The fourth-order valence-corrected chi connectivity index (χ4v) is 2.38. The van der Waals surface area contributed by atoms with Crippen molar-refractivity contribution in [2.45, 2.75) is 57.5 Å². The highest BCUT2D eigenvalue weighted by Gasteiger charge is 2.32. The SMILES string of the molecule is C=CCCC(=O)NCC1(O)CCC(CC)CC1. The molecule has 2 N–H and O–H groups in total. The van der Waals surface area contributed by atoms with Gasteiger partial charge in [-0.05, 0) is 38.0 Å². The zero-order chi connectivity index (χ0) is 12.7. The molecule has 0 aromatic heterocycles. The van der Waals surface area contributed by atoms with Crippen molar-refractivity contribution in [1.82, 2.24) is 5.32 Å². The van der Waals surface area contributed by atoms with Crippen LogP contribution >= 0.6 is 0 Å². The number of hydrogen-bond acceptors (Lipinski definition) is 2. The molecular formula is C14H25NO2. The van der Waals surface area contributed by atoms with Crippen LogP contribution < -0.4 is 5.32 Å². The third-order valence-electron chi connectivity index (χ3n) is 3.80. The summed E-state index contributed by atoms with van der Waals surface area (Å²) in [6, 6.07) is 0. The molecule has 0 spiro atoms. The zero-order valence-electron chi connectivity index (χ0n) is 10.9. The summed E-state index contributed by atoms with van der Waals surface area (Å²) in [5.41, 5.74) is -0.671. The lowest BCUT2D eigenvalue weighted by molar-refractivity contribution is -0.122. The summed E-state index contributed by atoms with van der Waals surface area (Å²) in [6.07, 6.45) is 7.88. The van der Waals surface area contributed by atoms with Crippen LogP contribution in [0.5, 0.6) is 0 Å². The van der Waals surface area contributed by atoms with E-state index in [-0.39, 0.29) is 5.91 Å². The van der Waals surface area contributed by atoms with Crippen molar-refractivity contribution in [1.29, 1.82) is 0 Å². The summed E-state index contributed by atoms with van der Waals surface area (Å²) in [5.74, 6) is 0.766. The van der Waals surface area contributed by atoms with Crippen LogP contribution in [-0.2, 0) is 4.79 Å². The molecule has 0 aromatic rings. The summed E-state index contributed by atoms with van der Waals surface area (Å²) in [5, 5.41) is 13.1. The second-order valence-electron chi connectivity index (χ2n) is 5.18. The predicted molar refractivity (Wildman–Crippen MR) is 69.6 cm³/mol. The molecule has 0 bridgehead atoms. The molecule has 1 saturated carbocycles. The van der Waals surface area contributed by atoms with E-state index in [2.05, 4.69) is 18.8 Å². The maximum Gasteiger partial charge on any atom is 0.220 e. The number of nitrogens with one attached hydrogen (secondary N) is 1. The van der Waals surface area contributed by atoms with Crippen LogP contribution in [0.3, 0.4) is 0 Å². The normalized spacial score (nSPS) is 28.7.